The van der Waals surface area contributed by atoms with E-state index < -0.39 is 34.8 Å². The molecule has 0 spiro atoms. The van der Waals surface area contributed by atoms with Crippen molar-refractivity contribution >= 4 is 29.2 Å². The van der Waals surface area contributed by atoms with Crippen LogP contribution >= 0.6 is 0 Å². The molecule has 6 nitrogen and oxygen atoms in total. The molecule has 0 heterocycles. The molecule has 0 saturated heterocycles. The van der Waals surface area contributed by atoms with Gasteiger partial charge < -0.3 is 15.4 Å². The van der Waals surface area contributed by atoms with Gasteiger partial charge in [0.05, 0.1) is 12.7 Å². The Kier molecular flexibility index (Phi) is 4.89. The Balaban J connectivity index is 1.71. The molecule has 0 aliphatic heterocycles. The maximum atomic E-state index is 13.3. The first-order valence-corrected chi connectivity index (χ1v) is 8.12. The fourth-order valence-corrected chi connectivity index (χ4v) is 2.60. The number of hydrogen-bond donors (Lipinski definition) is 2. The van der Waals surface area contributed by atoms with Gasteiger partial charge in [-0.15, -0.1) is 0 Å². The van der Waals surface area contributed by atoms with Crippen molar-refractivity contribution in [2.75, 3.05) is 17.7 Å². The first-order valence-electron chi connectivity index (χ1n) is 8.12. The number of amides is 2. The van der Waals surface area contributed by atoms with Gasteiger partial charge in [0.2, 0.25) is 11.8 Å². The summed E-state index contributed by atoms with van der Waals surface area (Å²) in [7, 11) is 1.25. The zero-order valence-electron chi connectivity index (χ0n) is 14.3. The van der Waals surface area contributed by atoms with Crippen LogP contribution in [-0.2, 0) is 14.3 Å². The van der Waals surface area contributed by atoms with Crippen LogP contribution in [0.1, 0.15) is 23.2 Å². The minimum Gasteiger partial charge on any atom is -0.465 e. The van der Waals surface area contributed by atoms with Gasteiger partial charge in [-0.2, -0.15) is 0 Å². The summed E-state index contributed by atoms with van der Waals surface area (Å²) in [6, 6.07) is 9.07. The second kappa shape index (κ2) is 7.14. The van der Waals surface area contributed by atoms with Crippen molar-refractivity contribution in [1.82, 2.24) is 0 Å². The summed E-state index contributed by atoms with van der Waals surface area (Å²) < 4.78 is 30.9. The molecule has 1 fully saturated rings. The Labute approximate surface area is 153 Å². The molecule has 27 heavy (non-hydrogen) atoms. The number of hydrogen-bond acceptors (Lipinski definition) is 4. The van der Waals surface area contributed by atoms with Gasteiger partial charge in [-0.25, -0.2) is 13.6 Å². The van der Waals surface area contributed by atoms with Gasteiger partial charge in [-0.05, 0) is 43.2 Å². The highest BCUT2D eigenvalue weighted by molar-refractivity contribution is 6.17. The summed E-state index contributed by atoms with van der Waals surface area (Å²) in [5, 5.41) is 5.05. The average molecular weight is 374 g/mol. The van der Waals surface area contributed by atoms with Gasteiger partial charge in [-0.1, -0.05) is 6.07 Å². The van der Waals surface area contributed by atoms with Crippen LogP contribution in [0, 0.1) is 17.0 Å². The number of esters is 1. The van der Waals surface area contributed by atoms with Crippen molar-refractivity contribution in [3.05, 3.63) is 59.7 Å². The van der Waals surface area contributed by atoms with Crippen LogP contribution in [0.25, 0.3) is 0 Å². The Morgan fingerprint density at radius 1 is 0.926 bits per heavy atom. The number of anilines is 2. The molecule has 0 unspecified atom stereocenters. The molecule has 0 atom stereocenters. The van der Waals surface area contributed by atoms with E-state index in [1.807, 2.05) is 0 Å². The van der Waals surface area contributed by atoms with Crippen molar-refractivity contribution in [1.29, 1.82) is 0 Å². The number of carbonyl (C=O) groups is 3. The number of nitrogens with one attached hydrogen (secondary N) is 2. The van der Waals surface area contributed by atoms with Crippen molar-refractivity contribution in [2.24, 2.45) is 5.41 Å². The standard InChI is InChI=1S/C19H16F2N2O4/c1-27-16(24)11-3-2-4-12(9-11)22-17(25)19(7-8-19)18(26)23-13-5-6-14(20)15(21)10-13/h2-6,9-10H,7-8H2,1H3,(H,22,25)(H,23,26). The lowest BCUT2D eigenvalue weighted by Gasteiger charge is -2.16. The van der Waals surface area contributed by atoms with Crippen LogP contribution in [0.5, 0.6) is 0 Å². The van der Waals surface area contributed by atoms with Crippen LogP contribution in [0.15, 0.2) is 42.5 Å². The van der Waals surface area contributed by atoms with Crippen molar-refractivity contribution in [3.8, 4) is 0 Å². The van der Waals surface area contributed by atoms with Crippen molar-refractivity contribution < 1.29 is 27.9 Å². The molecule has 8 heteroatoms. The second-order valence-electron chi connectivity index (χ2n) is 6.19. The Morgan fingerprint density at radius 3 is 2.11 bits per heavy atom. The third-order valence-electron chi connectivity index (χ3n) is 4.34. The number of ether oxygens (including phenoxy) is 1. The SMILES string of the molecule is COC(=O)c1cccc(NC(=O)C2(C(=O)Nc3ccc(F)c(F)c3)CC2)c1. The minimum absolute atomic E-state index is 0.0608. The quantitative estimate of drug-likeness (QED) is 0.622. The highest BCUT2D eigenvalue weighted by Gasteiger charge is 2.56. The lowest BCUT2D eigenvalue weighted by molar-refractivity contribution is -0.131. The molecule has 1 aliphatic rings. The molecular weight excluding hydrogens is 358 g/mol. The summed E-state index contributed by atoms with van der Waals surface area (Å²) in [6.45, 7) is 0. The van der Waals surface area contributed by atoms with Crippen molar-refractivity contribution in [3.63, 3.8) is 0 Å². The topological polar surface area (TPSA) is 84.5 Å². The van der Waals surface area contributed by atoms with Gasteiger partial charge in [0.15, 0.2) is 11.6 Å². The lowest BCUT2D eigenvalue weighted by Crippen LogP contribution is -2.35. The molecule has 2 aromatic rings. The fourth-order valence-electron chi connectivity index (χ4n) is 2.60. The van der Waals surface area contributed by atoms with Crippen molar-refractivity contribution in [2.45, 2.75) is 12.8 Å². The average Bonchev–Trinajstić information content (AvgIpc) is 3.46. The van der Waals surface area contributed by atoms with E-state index in [0.29, 0.717) is 18.5 Å². The molecule has 1 aliphatic carbocycles. The monoisotopic (exact) mass is 374 g/mol. The summed E-state index contributed by atoms with van der Waals surface area (Å²) in [4.78, 5) is 36.6. The van der Waals surface area contributed by atoms with Gasteiger partial charge in [-0.3, -0.25) is 9.59 Å². The van der Waals surface area contributed by atoms with E-state index in [0.717, 1.165) is 12.1 Å². The molecule has 140 valence electrons. The van der Waals surface area contributed by atoms with Gasteiger partial charge in [0.1, 0.15) is 5.41 Å². The summed E-state index contributed by atoms with van der Waals surface area (Å²) in [5.74, 6) is -3.82. The lowest BCUT2D eigenvalue weighted by atomic mass is 10.0. The van der Waals surface area contributed by atoms with Gasteiger partial charge in [0.25, 0.3) is 0 Å². The third-order valence-corrected chi connectivity index (χ3v) is 4.34. The Morgan fingerprint density at radius 2 is 1.56 bits per heavy atom. The second-order valence-corrected chi connectivity index (χ2v) is 6.19. The number of halogens is 2. The minimum atomic E-state index is -1.29. The zero-order valence-corrected chi connectivity index (χ0v) is 14.3. The predicted molar refractivity (Wildman–Crippen MR) is 93.1 cm³/mol. The van der Waals surface area contributed by atoms with Crippen LogP contribution in [0.2, 0.25) is 0 Å². The number of carbonyl (C=O) groups excluding carboxylic acids is 3. The number of methoxy groups -OCH3 is 1. The zero-order chi connectivity index (χ0) is 19.6. The number of benzene rings is 2. The van der Waals surface area contributed by atoms with E-state index in [2.05, 4.69) is 15.4 Å². The van der Waals surface area contributed by atoms with Crippen LogP contribution < -0.4 is 10.6 Å². The molecule has 0 bridgehead atoms. The van der Waals surface area contributed by atoms with E-state index in [9.17, 15) is 23.2 Å². The number of rotatable bonds is 5. The van der Waals surface area contributed by atoms with Gasteiger partial charge in [0, 0.05) is 17.4 Å². The van der Waals surface area contributed by atoms with Gasteiger partial charge >= 0.3 is 5.97 Å². The summed E-state index contributed by atoms with van der Waals surface area (Å²) >= 11 is 0. The molecular formula is C19H16F2N2O4. The van der Waals surface area contributed by atoms with E-state index in [-0.39, 0.29) is 11.3 Å². The molecule has 0 radical (unpaired) electrons. The van der Waals surface area contributed by atoms with E-state index in [4.69, 9.17) is 0 Å². The fraction of sp³-hybridized carbons (Fsp3) is 0.211. The normalized spacial score (nSPS) is 14.2. The first-order chi connectivity index (χ1) is 12.9. The molecule has 2 aromatic carbocycles. The Hall–Kier alpha value is -3.29. The predicted octanol–water partition coefficient (Wildman–Crippen LogP) is 3.11. The van der Waals surface area contributed by atoms with Crippen LogP contribution in [0.3, 0.4) is 0 Å². The van der Waals surface area contributed by atoms with E-state index in [1.54, 1.807) is 12.1 Å². The highest BCUT2D eigenvalue weighted by Crippen LogP contribution is 2.47. The molecule has 0 aromatic heterocycles. The van der Waals surface area contributed by atoms with Crippen LogP contribution in [0.4, 0.5) is 20.2 Å². The van der Waals surface area contributed by atoms with E-state index in [1.165, 1.54) is 25.3 Å². The molecule has 3 rings (SSSR count). The highest BCUT2D eigenvalue weighted by atomic mass is 19.2. The smallest absolute Gasteiger partial charge is 0.337 e. The maximum absolute atomic E-state index is 13.3. The largest absolute Gasteiger partial charge is 0.465 e. The maximum Gasteiger partial charge on any atom is 0.337 e. The first kappa shape index (κ1) is 18.5. The summed E-state index contributed by atoms with van der Waals surface area (Å²) in [6.07, 6.45) is 0.649. The molecule has 2 amide bonds. The third kappa shape index (κ3) is 3.79. The Bertz CT molecular complexity index is 926. The molecule has 2 N–H and O–H groups in total. The molecule has 1 saturated carbocycles. The summed E-state index contributed by atoms with van der Waals surface area (Å²) in [5.41, 5.74) is -0.626. The van der Waals surface area contributed by atoms with E-state index >= 15 is 0 Å². The van der Waals surface area contributed by atoms with Crippen LogP contribution in [-0.4, -0.2) is 24.9 Å².